The predicted molar refractivity (Wildman–Crippen MR) is 17.6 cm³/mol. The maximum Gasteiger partial charge on any atom is 1.00 e. The van der Waals surface area contributed by atoms with Gasteiger partial charge in [0.05, 0.1) is 5.09 Å². The second kappa shape index (κ2) is 9.09. The van der Waals surface area contributed by atoms with Crippen molar-refractivity contribution in [1.82, 2.24) is 0 Å². The minimum absolute atomic E-state index is 0. The van der Waals surface area contributed by atoms with Crippen LogP contribution in [0, 0.1) is 15.3 Å². The third-order valence-corrected chi connectivity index (χ3v) is 0. The molecular formula is HClNNaO3. The molecule has 0 spiro atoms. The SMILES string of the molecule is Cl.O=[N+]([O-])[O-].[Na+]. The van der Waals surface area contributed by atoms with Crippen LogP contribution in [0.15, 0.2) is 0 Å². The topological polar surface area (TPSA) is 66.2 Å². The Hall–Kier alpha value is 0.490. The third kappa shape index (κ3) is 228. The van der Waals surface area contributed by atoms with Crippen LogP contribution < -0.4 is 29.6 Å². The van der Waals surface area contributed by atoms with Crippen LogP contribution in [0.25, 0.3) is 0 Å². The summed E-state index contributed by atoms with van der Waals surface area (Å²) in [5, 5.41) is 14.8. The van der Waals surface area contributed by atoms with Crippen LogP contribution in [0.5, 0.6) is 0 Å². The van der Waals surface area contributed by atoms with E-state index in [1.54, 1.807) is 0 Å². The Morgan fingerprint density at radius 3 is 1.33 bits per heavy atom. The molecular weight excluding hydrogens is 120 g/mol. The van der Waals surface area contributed by atoms with Gasteiger partial charge in [-0.15, -0.1) is 12.4 Å². The van der Waals surface area contributed by atoms with Crippen molar-refractivity contribution in [3.05, 3.63) is 15.3 Å². The number of hydrogen-bond donors (Lipinski definition) is 0. The Balaban J connectivity index is -0.0000000450. The van der Waals surface area contributed by atoms with E-state index in [1.807, 2.05) is 0 Å². The van der Waals surface area contributed by atoms with Crippen LogP contribution in [0.2, 0.25) is 0 Å². The molecule has 6 heavy (non-hydrogen) atoms. The Bertz CT molecular complexity index is 33.8. The minimum atomic E-state index is -1.75. The Kier molecular flexibility index (Phi) is 24.3. The number of halogens is 1. The number of rotatable bonds is 0. The summed E-state index contributed by atoms with van der Waals surface area (Å²) in [7, 11) is 0. The van der Waals surface area contributed by atoms with Crippen LogP contribution in [-0.2, 0) is 0 Å². The molecule has 0 rings (SSSR count). The minimum Gasteiger partial charge on any atom is -0.356 e. The number of hydrogen-bond acceptors (Lipinski definition) is 3. The first-order chi connectivity index (χ1) is 1.73. The van der Waals surface area contributed by atoms with Crippen molar-refractivity contribution in [2.75, 3.05) is 0 Å². The van der Waals surface area contributed by atoms with Gasteiger partial charge in [-0.3, -0.25) is 0 Å². The second-order valence-corrected chi connectivity index (χ2v) is 0.224. The molecule has 0 aliphatic carbocycles. The third-order valence-electron chi connectivity index (χ3n) is 0. The van der Waals surface area contributed by atoms with E-state index in [-0.39, 0.29) is 42.0 Å². The Labute approximate surface area is 62.3 Å². The molecule has 0 unspecified atom stereocenters. The first-order valence-electron chi connectivity index (χ1n) is 0.548. The molecule has 0 atom stereocenters. The summed E-state index contributed by atoms with van der Waals surface area (Å²) in [6.07, 6.45) is 0. The van der Waals surface area contributed by atoms with Crippen molar-refractivity contribution < 1.29 is 34.6 Å². The molecule has 0 amide bonds. The van der Waals surface area contributed by atoms with Crippen molar-refractivity contribution in [2.24, 2.45) is 0 Å². The fourth-order valence-corrected chi connectivity index (χ4v) is 0. The second-order valence-electron chi connectivity index (χ2n) is 0.224. The van der Waals surface area contributed by atoms with Crippen molar-refractivity contribution in [3.63, 3.8) is 0 Å². The first kappa shape index (κ1) is 16.1. The van der Waals surface area contributed by atoms with Gasteiger partial charge < -0.3 is 15.3 Å². The largest absolute Gasteiger partial charge is 1.00 e. The van der Waals surface area contributed by atoms with Gasteiger partial charge in [-0.25, -0.2) is 0 Å². The summed E-state index contributed by atoms with van der Waals surface area (Å²) in [6, 6.07) is 0. The van der Waals surface area contributed by atoms with Gasteiger partial charge >= 0.3 is 29.6 Å². The average Bonchev–Trinajstić information content (AvgIpc) is 0.811. The van der Waals surface area contributed by atoms with Gasteiger partial charge in [0.2, 0.25) is 0 Å². The molecule has 0 aromatic carbocycles. The normalized spacial score (nSPS) is 4.00. The van der Waals surface area contributed by atoms with E-state index in [4.69, 9.17) is 15.3 Å². The molecule has 0 aliphatic rings. The zero-order valence-corrected chi connectivity index (χ0v) is 5.90. The fraction of sp³-hybridized carbons (Fsp3) is 0. The molecule has 32 valence electrons. The zero-order valence-electron chi connectivity index (χ0n) is 3.08. The molecule has 6 heteroatoms. The predicted octanol–water partition coefficient (Wildman–Crippen LogP) is -2.81. The maximum atomic E-state index is 8.25. The van der Waals surface area contributed by atoms with Gasteiger partial charge in [0.1, 0.15) is 0 Å². The van der Waals surface area contributed by atoms with Crippen LogP contribution in [0.1, 0.15) is 0 Å². The van der Waals surface area contributed by atoms with E-state index in [0.717, 1.165) is 0 Å². The van der Waals surface area contributed by atoms with Crippen LogP contribution in [0.4, 0.5) is 0 Å². The standard InChI is InChI=1S/ClH.NO3.Na/c;2-1(3)4;/h1H;;/q;-1;+1. The van der Waals surface area contributed by atoms with E-state index >= 15 is 0 Å². The van der Waals surface area contributed by atoms with Gasteiger partial charge in [-0.05, 0) is 0 Å². The van der Waals surface area contributed by atoms with Gasteiger partial charge in [0.15, 0.2) is 0 Å². The van der Waals surface area contributed by atoms with E-state index < -0.39 is 5.09 Å². The molecule has 0 radical (unpaired) electrons. The molecule has 0 saturated heterocycles. The average molecular weight is 121 g/mol. The van der Waals surface area contributed by atoms with Crippen molar-refractivity contribution in [1.29, 1.82) is 0 Å². The van der Waals surface area contributed by atoms with Crippen molar-refractivity contribution >= 4 is 12.4 Å². The quantitative estimate of drug-likeness (QED) is 0.197. The Morgan fingerprint density at radius 2 is 1.33 bits per heavy atom. The summed E-state index contributed by atoms with van der Waals surface area (Å²) in [4.78, 5) is 8.25. The molecule has 0 fully saturated rings. The van der Waals surface area contributed by atoms with Gasteiger partial charge in [-0.2, -0.15) is 0 Å². The van der Waals surface area contributed by atoms with Crippen LogP contribution >= 0.6 is 12.4 Å². The summed E-state index contributed by atoms with van der Waals surface area (Å²) in [6.45, 7) is 0. The summed E-state index contributed by atoms with van der Waals surface area (Å²) in [5.41, 5.74) is 0. The molecule has 0 N–H and O–H groups in total. The molecule has 0 heterocycles. The Morgan fingerprint density at radius 1 is 1.33 bits per heavy atom. The van der Waals surface area contributed by atoms with E-state index in [0.29, 0.717) is 0 Å². The van der Waals surface area contributed by atoms with Crippen LogP contribution in [0.3, 0.4) is 0 Å². The van der Waals surface area contributed by atoms with E-state index in [9.17, 15) is 0 Å². The first-order valence-corrected chi connectivity index (χ1v) is 0.548. The molecule has 0 saturated carbocycles. The number of nitrogens with zero attached hydrogens (tertiary/aromatic N) is 1. The van der Waals surface area contributed by atoms with Crippen molar-refractivity contribution in [3.8, 4) is 0 Å². The zero-order chi connectivity index (χ0) is 3.58. The van der Waals surface area contributed by atoms with Crippen LogP contribution in [-0.4, -0.2) is 5.09 Å². The summed E-state index contributed by atoms with van der Waals surface area (Å²) >= 11 is 0. The molecule has 0 aromatic heterocycles. The van der Waals surface area contributed by atoms with E-state index in [2.05, 4.69) is 0 Å². The van der Waals surface area contributed by atoms with Gasteiger partial charge in [0.25, 0.3) is 0 Å². The van der Waals surface area contributed by atoms with Crippen molar-refractivity contribution in [2.45, 2.75) is 0 Å². The molecule has 0 bridgehead atoms. The molecule has 0 aromatic rings. The van der Waals surface area contributed by atoms with Gasteiger partial charge in [0, 0.05) is 0 Å². The monoisotopic (exact) mass is 121 g/mol. The molecule has 4 nitrogen and oxygen atoms in total. The van der Waals surface area contributed by atoms with E-state index in [1.165, 1.54) is 0 Å². The fourth-order valence-electron chi connectivity index (χ4n) is 0. The summed E-state index contributed by atoms with van der Waals surface area (Å²) in [5.74, 6) is 0. The maximum absolute atomic E-state index is 8.25. The van der Waals surface area contributed by atoms with Gasteiger partial charge in [-0.1, -0.05) is 0 Å². The smallest absolute Gasteiger partial charge is 0.356 e. The molecule has 0 aliphatic heterocycles. The summed E-state index contributed by atoms with van der Waals surface area (Å²) < 4.78 is 0.